The summed E-state index contributed by atoms with van der Waals surface area (Å²) in [6.45, 7) is -0.111. The van der Waals surface area contributed by atoms with Gasteiger partial charge in [0.05, 0.1) is 16.6 Å². The van der Waals surface area contributed by atoms with Crippen molar-refractivity contribution in [3.63, 3.8) is 0 Å². The molecule has 19 aromatic rings. The molecule has 4 aromatic heterocycles. The van der Waals surface area contributed by atoms with E-state index in [0.29, 0.717) is 0 Å². The maximum Gasteiger partial charge on any atom is 0.253 e. The third-order valence-corrected chi connectivity index (χ3v) is 21.7. The molecular weight excluding hydrogens is 1040 g/mol. The summed E-state index contributed by atoms with van der Waals surface area (Å²) in [4.78, 5) is 0. The Kier molecular flexibility index (Phi) is 8.16. The standard InChI is InChI=1S/C78H41BN2S2/c1-3-18-50-46(14-1)48-16-5-7-22-56(48)72-58(50)33-35-65-74(72)62-41-60-51-19-4-2-15-47(51)49-17-6-8-23-57(49)73(60)76-78(62)81(65)67-25-13-24-66-75(67)79(76)63-38-45(44-29-32-55-53-21-10-12-27-69(53)83-71(55)40-44)37-61-59-36-42(30-34-64(59)80(66)77(61)63)43-28-31-54-52-20-9-11-26-68(52)82-70(54)39-43/h1-41H. The van der Waals surface area contributed by atoms with Crippen molar-refractivity contribution in [3.8, 4) is 33.6 Å². The van der Waals surface area contributed by atoms with Gasteiger partial charge in [0.1, 0.15) is 0 Å². The van der Waals surface area contributed by atoms with E-state index in [1.54, 1.807) is 0 Å². The fraction of sp³-hybridized carbons (Fsp3) is 0. The van der Waals surface area contributed by atoms with Crippen molar-refractivity contribution >= 4 is 194 Å². The molecule has 0 unspecified atom stereocenters. The average molecular weight is 1080 g/mol. The fourth-order valence-electron chi connectivity index (χ4n) is 16.1. The molecule has 2 aliphatic rings. The minimum atomic E-state index is -0.111. The molecule has 5 heteroatoms. The van der Waals surface area contributed by atoms with Gasteiger partial charge in [-0.15, -0.1) is 22.7 Å². The molecule has 0 amide bonds. The number of rotatable bonds is 2. The van der Waals surface area contributed by atoms with E-state index in [4.69, 9.17) is 0 Å². The molecule has 6 heterocycles. The van der Waals surface area contributed by atoms with E-state index in [1.807, 2.05) is 22.7 Å². The number of fused-ring (bicyclic) bond motifs is 30. The lowest BCUT2D eigenvalue weighted by atomic mass is 9.33. The van der Waals surface area contributed by atoms with Gasteiger partial charge >= 0.3 is 0 Å². The minimum Gasteiger partial charge on any atom is -0.310 e. The molecule has 0 saturated heterocycles. The van der Waals surface area contributed by atoms with Gasteiger partial charge in [0.2, 0.25) is 0 Å². The van der Waals surface area contributed by atoms with Crippen LogP contribution in [0, 0.1) is 0 Å². The Hall–Kier alpha value is -10.0. The first-order chi connectivity index (χ1) is 41.2. The van der Waals surface area contributed by atoms with Crippen molar-refractivity contribution in [2.75, 3.05) is 0 Å². The van der Waals surface area contributed by atoms with Crippen molar-refractivity contribution in [2.45, 2.75) is 0 Å². The number of hydrogen-bond donors (Lipinski definition) is 0. The minimum absolute atomic E-state index is 0.111. The Morgan fingerprint density at radius 1 is 0.241 bits per heavy atom. The van der Waals surface area contributed by atoms with E-state index in [1.165, 1.54) is 199 Å². The highest BCUT2D eigenvalue weighted by Gasteiger charge is 2.43. The molecule has 83 heavy (non-hydrogen) atoms. The van der Waals surface area contributed by atoms with Crippen LogP contribution in [0.15, 0.2) is 249 Å². The monoisotopic (exact) mass is 1080 g/mol. The van der Waals surface area contributed by atoms with Gasteiger partial charge in [-0.25, -0.2) is 0 Å². The second-order valence-electron chi connectivity index (χ2n) is 23.3. The fourth-order valence-corrected chi connectivity index (χ4v) is 18.4. The molecule has 0 radical (unpaired) electrons. The lowest BCUT2D eigenvalue weighted by Gasteiger charge is -2.35. The lowest BCUT2D eigenvalue weighted by molar-refractivity contribution is 1.14. The van der Waals surface area contributed by atoms with Crippen LogP contribution in [0.5, 0.6) is 0 Å². The van der Waals surface area contributed by atoms with E-state index in [0.717, 1.165) is 0 Å². The van der Waals surface area contributed by atoms with E-state index in [2.05, 4.69) is 258 Å². The zero-order valence-electron chi connectivity index (χ0n) is 44.5. The quantitative estimate of drug-likeness (QED) is 0.121. The van der Waals surface area contributed by atoms with Crippen molar-refractivity contribution < 1.29 is 0 Å². The normalized spacial score (nSPS) is 13.0. The third kappa shape index (κ3) is 5.46. The van der Waals surface area contributed by atoms with Gasteiger partial charge in [-0.2, -0.15) is 0 Å². The predicted octanol–water partition coefficient (Wildman–Crippen LogP) is 20.0. The van der Waals surface area contributed by atoms with Crippen molar-refractivity contribution in [1.82, 2.24) is 9.13 Å². The van der Waals surface area contributed by atoms with Crippen LogP contribution < -0.4 is 16.4 Å². The maximum atomic E-state index is 2.69. The summed E-state index contributed by atoms with van der Waals surface area (Å²) in [6, 6.07) is 95.7. The van der Waals surface area contributed by atoms with Crippen LogP contribution in [-0.2, 0) is 0 Å². The molecule has 0 N–H and O–H groups in total. The molecule has 0 fully saturated rings. The Balaban J connectivity index is 0.947. The molecule has 378 valence electrons. The van der Waals surface area contributed by atoms with Crippen LogP contribution in [-0.4, -0.2) is 15.8 Å². The van der Waals surface area contributed by atoms with E-state index in [9.17, 15) is 0 Å². The molecule has 2 nitrogen and oxygen atoms in total. The Morgan fingerprint density at radius 3 is 1.31 bits per heavy atom. The number of hydrogen-bond acceptors (Lipinski definition) is 2. The van der Waals surface area contributed by atoms with E-state index in [-0.39, 0.29) is 6.71 Å². The van der Waals surface area contributed by atoms with Crippen LogP contribution in [0.3, 0.4) is 0 Å². The van der Waals surface area contributed by atoms with Gasteiger partial charge < -0.3 is 9.13 Å². The first kappa shape index (κ1) is 43.7. The maximum absolute atomic E-state index is 2.69. The van der Waals surface area contributed by atoms with Crippen molar-refractivity contribution in [2.24, 2.45) is 0 Å². The van der Waals surface area contributed by atoms with Gasteiger partial charge in [0, 0.05) is 84.2 Å². The summed E-state index contributed by atoms with van der Waals surface area (Å²) in [6.07, 6.45) is 0. The van der Waals surface area contributed by atoms with E-state index >= 15 is 0 Å². The van der Waals surface area contributed by atoms with E-state index < -0.39 is 0 Å². The average Bonchev–Trinajstić information content (AvgIpc) is 1.85. The molecule has 21 rings (SSSR count). The first-order valence-electron chi connectivity index (χ1n) is 28.8. The summed E-state index contributed by atoms with van der Waals surface area (Å²) >= 11 is 3.79. The summed E-state index contributed by atoms with van der Waals surface area (Å²) < 4.78 is 10.6. The van der Waals surface area contributed by atoms with Gasteiger partial charge in [-0.3, -0.25) is 0 Å². The van der Waals surface area contributed by atoms with Crippen molar-refractivity contribution in [3.05, 3.63) is 249 Å². The third-order valence-electron chi connectivity index (χ3n) is 19.4. The second-order valence-corrected chi connectivity index (χ2v) is 25.5. The molecule has 0 bridgehead atoms. The number of nitrogens with zero attached hydrogens (tertiary/aromatic N) is 2. The first-order valence-corrected chi connectivity index (χ1v) is 30.5. The predicted molar refractivity (Wildman–Crippen MR) is 361 cm³/mol. The Bertz CT molecular complexity index is 6230. The highest BCUT2D eigenvalue weighted by molar-refractivity contribution is 7.26. The molecule has 2 aliphatic heterocycles. The zero-order valence-corrected chi connectivity index (χ0v) is 46.1. The Labute approximate surface area is 482 Å². The van der Waals surface area contributed by atoms with Gasteiger partial charge in [-0.05, 0) is 165 Å². The number of aromatic nitrogens is 2. The summed E-state index contributed by atoms with van der Waals surface area (Å²) in [5.74, 6) is 0. The molecule has 0 spiro atoms. The SMILES string of the molecule is c1cc2c3c(c1)-n1c4ccc5c6ccccc6c6ccccc6c5c4c4cc5c6ccccc6c6ccccc6c5c(c41)B3c1cc(-c3ccc4c(c3)sc3ccccc34)cc3c4cc(-c5ccc6c(c5)sc5ccccc56)ccc4n-2c13. The van der Waals surface area contributed by atoms with Crippen LogP contribution in [0.4, 0.5) is 0 Å². The lowest BCUT2D eigenvalue weighted by Crippen LogP contribution is -2.59. The summed E-state index contributed by atoms with van der Waals surface area (Å²) in [5.41, 5.74) is 16.6. The molecular formula is C78H41BN2S2. The largest absolute Gasteiger partial charge is 0.310 e. The second kappa shape index (κ2) is 15.5. The number of thiophene rings is 2. The highest BCUT2D eigenvalue weighted by Crippen LogP contribution is 2.49. The molecule has 0 atom stereocenters. The summed E-state index contributed by atoms with van der Waals surface area (Å²) in [5, 5.41) is 26.1. The van der Waals surface area contributed by atoms with Gasteiger partial charge in [0.15, 0.2) is 0 Å². The molecule has 15 aromatic carbocycles. The molecule has 0 saturated carbocycles. The van der Waals surface area contributed by atoms with Crippen LogP contribution in [0.2, 0.25) is 0 Å². The smallest absolute Gasteiger partial charge is 0.253 e. The molecule has 0 aliphatic carbocycles. The zero-order chi connectivity index (χ0) is 53.5. The van der Waals surface area contributed by atoms with Crippen LogP contribution in [0.25, 0.3) is 182 Å². The van der Waals surface area contributed by atoms with Crippen LogP contribution in [0.1, 0.15) is 0 Å². The summed E-state index contributed by atoms with van der Waals surface area (Å²) in [7, 11) is 0. The topological polar surface area (TPSA) is 9.86 Å². The van der Waals surface area contributed by atoms with Gasteiger partial charge in [-0.1, -0.05) is 182 Å². The number of benzene rings is 15. The Morgan fingerprint density at radius 2 is 0.687 bits per heavy atom. The van der Waals surface area contributed by atoms with Crippen LogP contribution >= 0.6 is 22.7 Å². The van der Waals surface area contributed by atoms with Crippen molar-refractivity contribution in [1.29, 1.82) is 0 Å². The van der Waals surface area contributed by atoms with Gasteiger partial charge in [0.25, 0.3) is 6.71 Å². The highest BCUT2D eigenvalue weighted by atomic mass is 32.1.